The van der Waals surface area contributed by atoms with Crippen LogP contribution in [0, 0.1) is 6.92 Å². The number of carbonyl (C=O) groups excluding carboxylic acids is 3. The van der Waals surface area contributed by atoms with Crippen LogP contribution in [-0.2, 0) is 9.59 Å². The van der Waals surface area contributed by atoms with E-state index in [9.17, 15) is 14.4 Å². The molecule has 1 aliphatic heterocycles. The largest absolute Gasteiger partial charge is 0.494 e. The molecule has 1 aromatic carbocycles. The number of hydrogen-bond acceptors (Lipinski definition) is 5. The SMILES string of the molecule is CCOc1ccc(C)cc1C(C)NC(=O)C(=O)N1CCN(C(=O)c2ccco2)CC1. The van der Waals surface area contributed by atoms with E-state index in [0.717, 1.165) is 11.1 Å². The van der Waals surface area contributed by atoms with E-state index < -0.39 is 11.8 Å². The summed E-state index contributed by atoms with van der Waals surface area (Å²) in [6.07, 6.45) is 1.45. The second kappa shape index (κ2) is 9.47. The Hall–Kier alpha value is -3.29. The van der Waals surface area contributed by atoms with E-state index in [0.29, 0.717) is 38.5 Å². The van der Waals surface area contributed by atoms with Gasteiger partial charge in [-0.05, 0) is 39.0 Å². The Morgan fingerprint density at radius 2 is 1.83 bits per heavy atom. The molecular weight excluding hydrogens is 386 g/mol. The first-order chi connectivity index (χ1) is 14.4. The highest BCUT2D eigenvalue weighted by atomic mass is 16.5. The van der Waals surface area contributed by atoms with Crippen LogP contribution in [0.15, 0.2) is 41.0 Å². The second-order valence-corrected chi connectivity index (χ2v) is 7.23. The van der Waals surface area contributed by atoms with Crippen molar-refractivity contribution in [3.63, 3.8) is 0 Å². The average Bonchev–Trinajstić information content (AvgIpc) is 3.29. The fraction of sp³-hybridized carbons (Fsp3) is 0.409. The number of ether oxygens (including phenoxy) is 1. The van der Waals surface area contributed by atoms with Gasteiger partial charge in [0.05, 0.1) is 18.9 Å². The van der Waals surface area contributed by atoms with E-state index in [4.69, 9.17) is 9.15 Å². The van der Waals surface area contributed by atoms with E-state index in [1.165, 1.54) is 11.2 Å². The summed E-state index contributed by atoms with van der Waals surface area (Å²) in [5.74, 6) is -0.527. The molecule has 0 saturated carbocycles. The molecule has 8 nitrogen and oxygen atoms in total. The van der Waals surface area contributed by atoms with Crippen LogP contribution in [0.1, 0.15) is 41.6 Å². The van der Waals surface area contributed by atoms with Crippen molar-refractivity contribution in [2.75, 3.05) is 32.8 Å². The number of aryl methyl sites for hydroxylation is 1. The summed E-state index contributed by atoms with van der Waals surface area (Å²) in [5.41, 5.74) is 1.87. The third-order valence-corrected chi connectivity index (χ3v) is 5.06. The summed E-state index contributed by atoms with van der Waals surface area (Å²) in [6, 6.07) is 8.63. The summed E-state index contributed by atoms with van der Waals surface area (Å²) < 4.78 is 10.8. The molecule has 0 bridgehead atoms. The number of hydrogen-bond donors (Lipinski definition) is 1. The molecule has 1 aliphatic rings. The minimum Gasteiger partial charge on any atom is -0.494 e. The van der Waals surface area contributed by atoms with Gasteiger partial charge in [0.1, 0.15) is 5.75 Å². The number of piperazine rings is 1. The van der Waals surface area contributed by atoms with Crippen LogP contribution in [0.25, 0.3) is 0 Å². The lowest BCUT2D eigenvalue weighted by Crippen LogP contribution is -2.54. The monoisotopic (exact) mass is 413 g/mol. The van der Waals surface area contributed by atoms with Gasteiger partial charge in [0, 0.05) is 31.7 Å². The van der Waals surface area contributed by atoms with Crippen LogP contribution in [0.5, 0.6) is 5.75 Å². The predicted molar refractivity (Wildman–Crippen MR) is 110 cm³/mol. The van der Waals surface area contributed by atoms with Crippen molar-refractivity contribution >= 4 is 17.7 Å². The number of nitrogens with zero attached hydrogens (tertiary/aromatic N) is 2. The number of furan rings is 1. The highest BCUT2D eigenvalue weighted by Crippen LogP contribution is 2.26. The minimum absolute atomic E-state index is 0.215. The van der Waals surface area contributed by atoms with Gasteiger partial charge in [-0.15, -0.1) is 0 Å². The summed E-state index contributed by atoms with van der Waals surface area (Å²) in [7, 11) is 0. The smallest absolute Gasteiger partial charge is 0.312 e. The van der Waals surface area contributed by atoms with Gasteiger partial charge in [0.15, 0.2) is 5.76 Å². The van der Waals surface area contributed by atoms with Crippen molar-refractivity contribution in [1.82, 2.24) is 15.1 Å². The van der Waals surface area contributed by atoms with E-state index in [2.05, 4.69) is 5.32 Å². The molecule has 0 aliphatic carbocycles. The maximum absolute atomic E-state index is 12.6. The molecule has 1 aromatic heterocycles. The molecule has 3 amide bonds. The van der Waals surface area contributed by atoms with Crippen LogP contribution in [0.3, 0.4) is 0 Å². The average molecular weight is 413 g/mol. The first-order valence-electron chi connectivity index (χ1n) is 10.1. The van der Waals surface area contributed by atoms with Gasteiger partial charge < -0.3 is 24.3 Å². The molecule has 30 heavy (non-hydrogen) atoms. The van der Waals surface area contributed by atoms with Gasteiger partial charge >= 0.3 is 11.8 Å². The Labute approximate surface area is 175 Å². The molecule has 2 heterocycles. The van der Waals surface area contributed by atoms with Crippen LogP contribution in [0.4, 0.5) is 0 Å². The number of rotatable bonds is 5. The molecule has 3 rings (SSSR count). The standard InChI is InChI=1S/C22H27N3O5/c1-4-29-18-8-7-15(2)14-17(18)16(3)23-20(26)22(28)25-11-9-24(10-12-25)21(27)19-6-5-13-30-19/h5-8,13-14,16H,4,9-12H2,1-3H3,(H,23,26). The first kappa shape index (κ1) is 21.4. The van der Waals surface area contributed by atoms with Gasteiger partial charge in [0.2, 0.25) is 0 Å². The molecule has 1 N–H and O–H groups in total. The van der Waals surface area contributed by atoms with Crippen molar-refractivity contribution in [2.45, 2.75) is 26.8 Å². The minimum atomic E-state index is -0.669. The molecule has 1 unspecified atom stereocenters. The van der Waals surface area contributed by atoms with Crippen LogP contribution >= 0.6 is 0 Å². The number of amides is 3. The van der Waals surface area contributed by atoms with Crippen molar-refractivity contribution in [1.29, 1.82) is 0 Å². The zero-order valence-electron chi connectivity index (χ0n) is 17.5. The summed E-state index contributed by atoms with van der Waals surface area (Å²) in [4.78, 5) is 40.6. The molecule has 0 spiro atoms. The van der Waals surface area contributed by atoms with E-state index in [1.54, 1.807) is 17.0 Å². The van der Waals surface area contributed by atoms with Crippen LogP contribution in [-0.4, -0.2) is 60.3 Å². The molecule has 8 heteroatoms. The number of carbonyl (C=O) groups is 3. The predicted octanol–water partition coefficient (Wildman–Crippen LogP) is 2.15. The van der Waals surface area contributed by atoms with Gasteiger partial charge in [-0.3, -0.25) is 14.4 Å². The lowest BCUT2D eigenvalue weighted by Gasteiger charge is -2.34. The third-order valence-electron chi connectivity index (χ3n) is 5.06. The highest BCUT2D eigenvalue weighted by Gasteiger charge is 2.30. The van der Waals surface area contributed by atoms with Gasteiger partial charge in [0.25, 0.3) is 5.91 Å². The van der Waals surface area contributed by atoms with Crippen LogP contribution in [0.2, 0.25) is 0 Å². The molecule has 0 radical (unpaired) electrons. The number of benzene rings is 1. The molecular formula is C22H27N3O5. The van der Waals surface area contributed by atoms with E-state index in [1.807, 2.05) is 39.0 Å². The van der Waals surface area contributed by atoms with Crippen molar-refractivity contribution in [3.05, 3.63) is 53.5 Å². The highest BCUT2D eigenvalue weighted by molar-refractivity contribution is 6.35. The Kier molecular flexibility index (Phi) is 6.76. The van der Waals surface area contributed by atoms with Crippen molar-refractivity contribution in [2.24, 2.45) is 0 Å². The maximum atomic E-state index is 12.6. The van der Waals surface area contributed by atoms with Crippen molar-refractivity contribution < 1.29 is 23.5 Å². The second-order valence-electron chi connectivity index (χ2n) is 7.23. The quantitative estimate of drug-likeness (QED) is 0.759. The van der Waals surface area contributed by atoms with Gasteiger partial charge in [-0.25, -0.2) is 0 Å². The summed E-state index contributed by atoms with van der Waals surface area (Å²) >= 11 is 0. The van der Waals surface area contributed by atoms with E-state index >= 15 is 0 Å². The maximum Gasteiger partial charge on any atom is 0.312 e. The molecule has 1 atom stereocenters. The molecule has 1 fully saturated rings. The van der Waals surface area contributed by atoms with Crippen molar-refractivity contribution in [3.8, 4) is 5.75 Å². The Balaban J connectivity index is 1.57. The topological polar surface area (TPSA) is 92.1 Å². The van der Waals surface area contributed by atoms with Gasteiger partial charge in [-0.2, -0.15) is 0 Å². The Morgan fingerprint density at radius 1 is 1.13 bits per heavy atom. The Morgan fingerprint density at radius 3 is 2.47 bits per heavy atom. The molecule has 2 aromatic rings. The Bertz CT molecular complexity index is 902. The van der Waals surface area contributed by atoms with Crippen LogP contribution < -0.4 is 10.1 Å². The zero-order chi connectivity index (χ0) is 21.7. The summed E-state index contributed by atoms with van der Waals surface area (Å²) in [6.45, 7) is 7.47. The number of nitrogens with one attached hydrogen (secondary N) is 1. The zero-order valence-corrected chi connectivity index (χ0v) is 17.5. The lowest BCUT2D eigenvalue weighted by molar-refractivity contribution is -0.147. The molecule has 1 saturated heterocycles. The fourth-order valence-corrected chi connectivity index (χ4v) is 3.44. The first-order valence-corrected chi connectivity index (χ1v) is 10.1. The molecule has 160 valence electrons. The fourth-order valence-electron chi connectivity index (χ4n) is 3.44. The third kappa shape index (κ3) is 4.82. The normalized spacial score (nSPS) is 14.9. The summed E-state index contributed by atoms with van der Waals surface area (Å²) in [5, 5.41) is 2.77. The van der Waals surface area contributed by atoms with Gasteiger partial charge in [-0.1, -0.05) is 17.7 Å². The lowest BCUT2D eigenvalue weighted by atomic mass is 10.0. The van der Waals surface area contributed by atoms with E-state index in [-0.39, 0.29) is 17.7 Å².